The van der Waals surface area contributed by atoms with Crippen molar-refractivity contribution in [2.24, 2.45) is 0 Å². The number of benzene rings is 1. The van der Waals surface area contributed by atoms with Gasteiger partial charge in [0.1, 0.15) is 11.4 Å². The highest BCUT2D eigenvalue weighted by atomic mass is 16.6. The number of hydrogen-bond donors (Lipinski definition) is 1. The van der Waals surface area contributed by atoms with Crippen LogP contribution >= 0.6 is 0 Å². The number of rotatable bonds is 5. The molecule has 2 aromatic rings. The van der Waals surface area contributed by atoms with Crippen molar-refractivity contribution in [1.82, 2.24) is 14.7 Å². The van der Waals surface area contributed by atoms with Crippen LogP contribution in [-0.4, -0.2) is 39.6 Å². The van der Waals surface area contributed by atoms with E-state index in [1.54, 1.807) is 37.0 Å². The van der Waals surface area contributed by atoms with E-state index in [4.69, 9.17) is 0 Å². The highest BCUT2D eigenvalue weighted by molar-refractivity contribution is 5.98. The zero-order valence-electron chi connectivity index (χ0n) is 12.6. The quantitative estimate of drug-likeness (QED) is 0.675. The van der Waals surface area contributed by atoms with E-state index in [-0.39, 0.29) is 11.6 Å². The molecular formula is C14H17N5O3. The molecule has 0 fully saturated rings. The van der Waals surface area contributed by atoms with Crippen molar-refractivity contribution in [2.75, 3.05) is 19.4 Å². The van der Waals surface area contributed by atoms with Gasteiger partial charge < -0.3 is 10.2 Å². The van der Waals surface area contributed by atoms with Gasteiger partial charge in [-0.05, 0) is 13.0 Å². The number of carbonyl (C=O) groups excluding carboxylic acids is 1. The molecule has 0 radical (unpaired) electrons. The van der Waals surface area contributed by atoms with Crippen LogP contribution in [0.4, 0.5) is 17.1 Å². The molecular weight excluding hydrogens is 286 g/mol. The Balaban J connectivity index is 2.45. The van der Waals surface area contributed by atoms with Gasteiger partial charge >= 0.3 is 0 Å². The minimum Gasteiger partial charge on any atom is -0.347 e. The Morgan fingerprint density at radius 1 is 1.36 bits per heavy atom. The summed E-state index contributed by atoms with van der Waals surface area (Å²) in [4.78, 5) is 24.3. The number of para-hydroxylation sites is 2. The van der Waals surface area contributed by atoms with Crippen molar-refractivity contribution in [2.45, 2.75) is 13.5 Å². The predicted octanol–water partition coefficient (Wildman–Crippen LogP) is 2.26. The lowest BCUT2D eigenvalue weighted by Crippen LogP contribution is -2.25. The van der Waals surface area contributed by atoms with E-state index in [1.807, 2.05) is 6.92 Å². The molecule has 0 aliphatic heterocycles. The topological polar surface area (TPSA) is 93.3 Å². The smallest absolute Gasteiger partial charge is 0.292 e. The van der Waals surface area contributed by atoms with Crippen LogP contribution in [0.15, 0.2) is 30.5 Å². The molecule has 0 saturated carbocycles. The third kappa shape index (κ3) is 2.90. The number of nitro benzene ring substituents is 1. The van der Waals surface area contributed by atoms with Gasteiger partial charge in [0.25, 0.3) is 11.6 Å². The van der Waals surface area contributed by atoms with Gasteiger partial charge in [0.2, 0.25) is 0 Å². The van der Waals surface area contributed by atoms with Crippen molar-refractivity contribution in [1.29, 1.82) is 0 Å². The Morgan fingerprint density at radius 3 is 2.64 bits per heavy atom. The van der Waals surface area contributed by atoms with E-state index < -0.39 is 4.92 Å². The van der Waals surface area contributed by atoms with Crippen LogP contribution in [-0.2, 0) is 6.54 Å². The molecule has 0 bridgehead atoms. The monoisotopic (exact) mass is 303 g/mol. The maximum absolute atomic E-state index is 12.3. The van der Waals surface area contributed by atoms with Gasteiger partial charge in [-0.25, -0.2) is 0 Å². The first kappa shape index (κ1) is 15.5. The third-order valence-corrected chi connectivity index (χ3v) is 3.12. The summed E-state index contributed by atoms with van der Waals surface area (Å²) in [5.41, 5.74) is 1.06. The van der Waals surface area contributed by atoms with E-state index in [0.29, 0.717) is 23.6 Å². The van der Waals surface area contributed by atoms with Crippen LogP contribution < -0.4 is 5.32 Å². The number of carbonyl (C=O) groups is 1. The predicted molar refractivity (Wildman–Crippen MR) is 82.3 cm³/mol. The third-order valence-electron chi connectivity index (χ3n) is 3.12. The molecule has 0 spiro atoms. The summed E-state index contributed by atoms with van der Waals surface area (Å²) in [5.74, 6) is -0.222. The SMILES string of the molecule is CCn1ncc(Nc2ccccc2[N+](=O)[O-])c1C(=O)N(C)C. The summed E-state index contributed by atoms with van der Waals surface area (Å²) in [6.45, 7) is 2.39. The number of amides is 1. The van der Waals surface area contributed by atoms with Gasteiger partial charge in [-0.3, -0.25) is 19.6 Å². The van der Waals surface area contributed by atoms with Crippen LogP contribution in [0.3, 0.4) is 0 Å². The van der Waals surface area contributed by atoms with E-state index in [0.717, 1.165) is 0 Å². The Bertz CT molecular complexity index is 708. The summed E-state index contributed by atoms with van der Waals surface area (Å²) in [6, 6.07) is 6.27. The normalized spacial score (nSPS) is 10.3. The summed E-state index contributed by atoms with van der Waals surface area (Å²) in [7, 11) is 3.29. The van der Waals surface area contributed by atoms with Crippen LogP contribution in [0.1, 0.15) is 17.4 Å². The van der Waals surface area contributed by atoms with Crippen molar-refractivity contribution < 1.29 is 9.72 Å². The molecule has 1 heterocycles. The molecule has 8 heteroatoms. The van der Waals surface area contributed by atoms with Gasteiger partial charge in [0.05, 0.1) is 16.8 Å². The summed E-state index contributed by atoms with van der Waals surface area (Å²) in [6.07, 6.45) is 1.50. The lowest BCUT2D eigenvalue weighted by Gasteiger charge is -2.14. The fourth-order valence-corrected chi connectivity index (χ4v) is 2.04. The second kappa shape index (κ2) is 6.25. The second-order valence-electron chi connectivity index (χ2n) is 4.82. The summed E-state index contributed by atoms with van der Waals surface area (Å²) < 4.78 is 1.56. The highest BCUT2D eigenvalue weighted by Crippen LogP contribution is 2.29. The zero-order valence-corrected chi connectivity index (χ0v) is 12.6. The minimum atomic E-state index is -0.472. The lowest BCUT2D eigenvalue weighted by atomic mass is 10.2. The van der Waals surface area contributed by atoms with Crippen molar-refractivity contribution in [3.8, 4) is 0 Å². The molecule has 2 rings (SSSR count). The maximum Gasteiger partial charge on any atom is 0.292 e. The molecule has 0 unspecified atom stereocenters. The molecule has 1 aromatic carbocycles. The van der Waals surface area contributed by atoms with Gasteiger partial charge in [-0.2, -0.15) is 5.10 Å². The minimum absolute atomic E-state index is 0.0602. The maximum atomic E-state index is 12.3. The average molecular weight is 303 g/mol. The number of aryl methyl sites for hydroxylation is 1. The molecule has 1 aromatic heterocycles. The van der Waals surface area contributed by atoms with Crippen LogP contribution in [0.2, 0.25) is 0 Å². The standard InChI is InChI=1S/C14H17N5O3/c1-4-18-13(14(20)17(2)3)11(9-15-18)16-10-7-5-6-8-12(10)19(21)22/h5-9,16H,4H2,1-3H3. The molecule has 1 amide bonds. The van der Waals surface area contributed by atoms with Crippen LogP contribution in [0.5, 0.6) is 0 Å². The molecule has 0 atom stereocenters. The Kier molecular flexibility index (Phi) is 4.40. The Morgan fingerprint density at radius 2 is 2.05 bits per heavy atom. The number of anilines is 2. The van der Waals surface area contributed by atoms with Crippen molar-refractivity contribution >= 4 is 23.0 Å². The molecule has 0 aliphatic rings. The fraction of sp³-hybridized carbons (Fsp3) is 0.286. The molecule has 0 aliphatic carbocycles. The first-order chi connectivity index (χ1) is 10.5. The van der Waals surface area contributed by atoms with E-state index in [9.17, 15) is 14.9 Å². The second-order valence-corrected chi connectivity index (χ2v) is 4.82. The van der Waals surface area contributed by atoms with E-state index >= 15 is 0 Å². The molecule has 22 heavy (non-hydrogen) atoms. The van der Waals surface area contributed by atoms with Crippen LogP contribution in [0.25, 0.3) is 0 Å². The number of aromatic nitrogens is 2. The number of nitrogens with zero attached hydrogens (tertiary/aromatic N) is 4. The van der Waals surface area contributed by atoms with Gasteiger partial charge in [0.15, 0.2) is 0 Å². The number of hydrogen-bond acceptors (Lipinski definition) is 5. The average Bonchev–Trinajstić information content (AvgIpc) is 2.89. The zero-order chi connectivity index (χ0) is 16.3. The van der Waals surface area contributed by atoms with E-state index in [1.165, 1.54) is 17.2 Å². The lowest BCUT2D eigenvalue weighted by molar-refractivity contribution is -0.383. The van der Waals surface area contributed by atoms with Crippen molar-refractivity contribution in [3.63, 3.8) is 0 Å². The molecule has 1 N–H and O–H groups in total. The van der Waals surface area contributed by atoms with Gasteiger partial charge in [-0.15, -0.1) is 0 Å². The Labute approximate surface area is 127 Å². The van der Waals surface area contributed by atoms with E-state index in [2.05, 4.69) is 10.4 Å². The molecule has 0 saturated heterocycles. The first-order valence-electron chi connectivity index (χ1n) is 6.73. The first-order valence-corrected chi connectivity index (χ1v) is 6.73. The largest absolute Gasteiger partial charge is 0.347 e. The van der Waals surface area contributed by atoms with Crippen LogP contribution in [0, 0.1) is 10.1 Å². The Hall–Kier alpha value is -2.90. The van der Waals surface area contributed by atoms with Gasteiger partial charge in [0, 0.05) is 26.7 Å². The number of nitro groups is 1. The molecule has 8 nitrogen and oxygen atoms in total. The van der Waals surface area contributed by atoms with Gasteiger partial charge in [-0.1, -0.05) is 12.1 Å². The summed E-state index contributed by atoms with van der Waals surface area (Å²) in [5, 5.41) is 18.2. The number of nitrogens with one attached hydrogen (secondary N) is 1. The fourth-order valence-electron chi connectivity index (χ4n) is 2.04. The highest BCUT2D eigenvalue weighted by Gasteiger charge is 2.22. The molecule has 116 valence electrons. The van der Waals surface area contributed by atoms with Crippen molar-refractivity contribution in [3.05, 3.63) is 46.3 Å². The summed E-state index contributed by atoms with van der Waals surface area (Å²) >= 11 is 0.